The summed E-state index contributed by atoms with van der Waals surface area (Å²) in [4.78, 5) is 11.4. The van der Waals surface area contributed by atoms with E-state index in [0.717, 1.165) is 11.9 Å². The minimum absolute atomic E-state index is 0.00269. The molecule has 0 radical (unpaired) electrons. The van der Waals surface area contributed by atoms with Crippen LogP contribution in [0.5, 0.6) is 0 Å². The molecule has 2 rings (SSSR count). The summed E-state index contributed by atoms with van der Waals surface area (Å²) < 4.78 is 14.4. The highest BCUT2D eigenvalue weighted by molar-refractivity contribution is 6.31. The van der Waals surface area contributed by atoms with Crippen LogP contribution < -0.4 is 10.9 Å². The minimum Gasteiger partial charge on any atom is -0.386 e. The Labute approximate surface area is 90.1 Å². The van der Waals surface area contributed by atoms with E-state index >= 15 is 0 Å². The second kappa shape index (κ2) is 3.55. The molecule has 0 amide bonds. The Bertz CT molecular complexity index is 579. The van der Waals surface area contributed by atoms with Gasteiger partial charge >= 0.3 is 0 Å². The van der Waals surface area contributed by atoms with Crippen LogP contribution in [0, 0.1) is 5.82 Å². The first-order chi connectivity index (χ1) is 7.13. The van der Waals surface area contributed by atoms with Gasteiger partial charge in [-0.2, -0.15) is 0 Å². The Kier molecular flexibility index (Phi) is 2.36. The summed E-state index contributed by atoms with van der Waals surface area (Å²) in [6.45, 7) is 0. The lowest BCUT2D eigenvalue weighted by atomic mass is 10.3. The summed E-state index contributed by atoms with van der Waals surface area (Å²) >= 11 is 5.65. The van der Waals surface area contributed by atoms with Gasteiger partial charge in [-0.3, -0.25) is 9.20 Å². The van der Waals surface area contributed by atoms with Gasteiger partial charge < -0.3 is 5.32 Å². The Morgan fingerprint density at radius 3 is 2.87 bits per heavy atom. The fourth-order valence-electron chi connectivity index (χ4n) is 1.42. The molecule has 0 aromatic carbocycles. The zero-order valence-corrected chi connectivity index (χ0v) is 8.68. The maximum absolute atomic E-state index is 13.2. The van der Waals surface area contributed by atoms with Crippen LogP contribution in [0.1, 0.15) is 0 Å². The first-order valence-electron chi connectivity index (χ1n) is 4.31. The standard InChI is InChI=1S/C10H8ClFN2O/c1-13-8-2-3-10(15)14-5-7(12)6(11)4-9(8)14/h2-5,13H,1H3. The monoisotopic (exact) mass is 226 g/mol. The van der Waals surface area contributed by atoms with Crippen LogP contribution in [0.3, 0.4) is 0 Å². The first kappa shape index (κ1) is 9.98. The fourth-order valence-corrected chi connectivity index (χ4v) is 1.58. The predicted octanol–water partition coefficient (Wildman–Crippen LogP) is 2.13. The molecule has 0 atom stereocenters. The van der Waals surface area contributed by atoms with Gasteiger partial charge in [0.05, 0.1) is 16.2 Å². The average Bonchev–Trinajstić information content (AvgIpc) is 2.22. The summed E-state index contributed by atoms with van der Waals surface area (Å²) in [6, 6.07) is 4.42. The van der Waals surface area contributed by atoms with Crippen LogP contribution in [0.25, 0.3) is 5.52 Å². The van der Waals surface area contributed by atoms with Crippen molar-refractivity contribution in [2.75, 3.05) is 12.4 Å². The molecule has 0 unspecified atom stereocenters. The average molecular weight is 227 g/mol. The summed E-state index contributed by atoms with van der Waals surface area (Å²) in [5.41, 5.74) is 0.979. The molecule has 15 heavy (non-hydrogen) atoms. The zero-order valence-electron chi connectivity index (χ0n) is 7.92. The van der Waals surface area contributed by atoms with Crippen molar-refractivity contribution in [2.24, 2.45) is 0 Å². The summed E-state index contributed by atoms with van der Waals surface area (Å²) in [5, 5.41) is 2.90. The Balaban J connectivity index is 2.95. The van der Waals surface area contributed by atoms with E-state index in [9.17, 15) is 9.18 Å². The zero-order chi connectivity index (χ0) is 11.0. The van der Waals surface area contributed by atoms with Crippen molar-refractivity contribution in [3.05, 3.63) is 45.6 Å². The van der Waals surface area contributed by atoms with Crippen molar-refractivity contribution in [1.29, 1.82) is 0 Å². The smallest absolute Gasteiger partial charge is 0.255 e. The number of nitrogens with one attached hydrogen (secondary N) is 1. The van der Waals surface area contributed by atoms with E-state index in [2.05, 4.69) is 5.32 Å². The molecule has 0 saturated carbocycles. The molecular weight excluding hydrogens is 219 g/mol. The SMILES string of the molecule is CNc1ccc(=O)n2cc(F)c(Cl)cc12. The molecule has 0 saturated heterocycles. The summed E-state index contributed by atoms with van der Waals surface area (Å²) in [6.07, 6.45) is 1.08. The second-order valence-electron chi connectivity index (χ2n) is 3.06. The molecular formula is C10H8ClFN2O. The van der Waals surface area contributed by atoms with Gasteiger partial charge in [-0.15, -0.1) is 0 Å². The normalized spacial score (nSPS) is 10.6. The van der Waals surface area contributed by atoms with Crippen molar-refractivity contribution < 1.29 is 4.39 Å². The van der Waals surface area contributed by atoms with Gasteiger partial charge in [0.15, 0.2) is 5.82 Å². The number of pyridine rings is 2. The first-order valence-corrected chi connectivity index (χ1v) is 4.69. The fraction of sp³-hybridized carbons (Fsp3) is 0.100. The number of aromatic nitrogens is 1. The van der Waals surface area contributed by atoms with E-state index in [1.54, 1.807) is 13.1 Å². The number of nitrogens with zero attached hydrogens (tertiary/aromatic N) is 1. The summed E-state index contributed by atoms with van der Waals surface area (Å²) in [7, 11) is 1.72. The van der Waals surface area contributed by atoms with Gasteiger partial charge in [-0.05, 0) is 12.1 Å². The van der Waals surface area contributed by atoms with Gasteiger partial charge in [0.25, 0.3) is 5.56 Å². The molecule has 0 bridgehead atoms. The van der Waals surface area contributed by atoms with Gasteiger partial charge in [-0.25, -0.2) is 4.39 Å². The van der Waals surface area contributed by atoms with E-state index in [1.807, 2.05) is 0 Å². The lowest BCUT2D eigenvalue weighted by molar-refractivity contribution is 0.618. The van der Waals surface area contributed by atoms with Crippen molar-refractivity contribution in [1.82, 2.24) is 4.40 Å². The van der Waals surface area contributed by atoms with Gasteiger partial charge in [0.2, 0.25) is 0 Å². The molecule has 2 aromatic heterocycles. The number of halogens is 2. The lowest BCUT2D eigenvalue weighted by Gasteiger charge is -2.07. The molecule has 1 N–H and O–H groups in total. The van der Waals surface area contributed by atoms with E-state index in [0.29, 0.717) is 5.52 Å². The van der Waals surface area contributed by atoms with Gasteiger partial charge in [0.1, 0.15) is 0 Å². The van der Waals surface area contributed by atoms with Crippen molar-refractivity contribution in [3.8, 4) is 0 Å². The third-order valence-corrected chi connectivity index (χ3v) is 2.46. The van der Waals surface area contributed by atoms with Crippen molar-refractivity contribution in [3.63, 3.8) is 0 Å². The molecule has 0 aliphatic carbocycles. The lowest BCUT2D eigenvalue weighted by Crippen LogP contribution is -2.13. The van der Waals surface area contributed by atoms with E-state index in [-0.39, 0.29) is 10.6 Å². The van der Waals surface area contributed by atoms with E-state index < -0.39 is 5.82 Å². The molecule has 5 heteroatoms. The molecule has 78 valence electrons. The van der Waals surface area contributed by atoms with Crippen LogP contribution in [-0.4, -0.2) is 11.4 Å². The Hall–Kier alpha value is -1.55. The number of anilines is 1. The van der Waals surface area contributed by atoms with Crippen LogP contribution in [0.15, 0.2) is 29.2 Å². The molecule has 2 aromatic rings. The van der Waals surface area contributed by atoms with Gasteiger partial charge in [0, 0.05) is 19.3 Å². The molecule has 0 fully saturated rings. The third kappa shape index (κ3) is 1.57. The van der Waals surface area contributed by atoms with Crippen LogP contribution in [0.4, 0.5) is 10.1 Å². The van der Waals surface area contributed by atoms with Gasteiger partial charge in [-0.1, -0.05) is 11.6 Å². The van der Waals surface area contributed by atoms with E-state index in [4.69, 9.17) is 11.6 Å². The van der Waals surface area contributed by atoms with Crippen LogP contribution in [0.2, 0.25) is 5.02 Å². The Morgan fingerprint density at radius 2 is 2.20 bits per heavy atom. The quantitative estimate of drug-likeness (QED) is 0.808. The topological polar surface area (TPSA) is 33.5 Å². The second-order valence-corrected chi connectivity index (χ2v) is 3.47. The molecule has 0 spiro atoms. The highest BCUT2D eigenvalue weighted by atomic mass is 35.5. The number of hydrogen-bond donors (Lipinski definition) is 1. The van der Waals surface area contributed by atoms with Crippen LogP contribution in [-0.2, 0) is 0 Å². The highest BCUT2D eigenvalue weighted by Gasteiger charge is 2.06. The summed E-state index contributed by atoms with van der Waals surface area (Å²) in [5.74, 6) is -0.612. The van der Waals surface area contributed by atoms with Crippen molar-refractivity contribution >= 4 is 22.8 Å². The Morgan fingerprint density at radius 1 is 1.47 bits per heavy atom. The molecule has 3 nitrogen and oxygen atoms in total. The maximum atomic E-state index is 13.2. The van der Waals surface area contributed by atoms with Crippen LogP contribution >= 0.6 is 11.6 Å². The largest absolute Gasteiger partial charge is 0.386 e. The maximum Gasteiger partial charge on any atom is 0.255 e. The number of fused-ring (bicyclic) bond motifs is 1. The molecule has 2 heterocycles. The number of rotatable bonds is 1. The number of hydrogen-bond acceptors (Lipinski definition) is 2. The molecule has 0 aliphatic rings. The van der Waals surface area contributed by atoms with E-state index in [1.165, 1.54) is 16.5 Å². The molecule has 0 aliphatic heterocycles. The van der Waals surface area contributed by atoms with Crippen molar-refractivity contribution in [2.45, 2.75) is 0 Å². The highest BCUT2D eigenvalue weighted by Crippen LogP contribution is 2.20. The minimum atomic E-state index is -0.612. The third-order valence-electron chi connectivity index (χ3n) is 2.17. The predicted molar refractivity (Wildman–Crippen MR) is 58.2 cm³/mol.